The van der Waals surface area contributed by atoms with Crippen LogP contribution in [0.15, 0.2) is 23.1 Å². The van der Waals surface area contributed by atoms with Crippen LogP contribution in [-0.4, -0.2) is 20.6 Å². The summed E-state index contributed by atoms with van der Waals surface area (Å²) in [6.07, 6.45) is 1.51. The molecule has 0 radical (unpaired) electrons. The van der Waals surface area contributed by atoms with Gasteiger partial charge in [-0.1, -0.05) is 0 Å². The van der Waals surface area contributed by atoms with Gasteiger partial charge in [-0.2, -0.15) is 0 Å². The second kappa shape index (κ2) is 2.81. The van der Waals surface area contributed by atoms with Crippen molar-refractivity contribution in [2.75, 3.05) is 0 Å². The van der Waals surface area contributed by atoms with E-state index in [9.17, 15) is 9.90 Å². The van der Waals surface area contributed by atoms with Crippen LogP contribution in [-0.2, 0) is 0 Å². The van der Waals surface area contributed by atoms with Gasteiger partial charge in [0, 0.05) is 11.8 Å². The zero-order chi connectivity index (χ0) is 9.42. The van der Waals surface area contributed by atoms with Crippen LogP contribution < -0.4 is 5.11 Å². The molecule has 0 amide bonds. The SMILES string of the molecule is O=C([O-])c1ccn2nc(Br)nc2c1. The number of aromatic nitrogens is 3. The first-order valence-corrected chi connectivity index (χ1v) is 4.19. The number of carboxylic acid groups (broad SMARTS) is 1. The van der Waals surface area contributed by atoms with Crippen LogP contribution in [0.5, 0.6) is 0 Å². The Kier molecular flexibility index (Phi) is 1.77. The molecule has 13 heavy (non-hydrogen) atoms. The molecular weight excluding hydrogens is 238 g/mol. The number of aromatic carboxylic acids is 1. The Bertz CT molecular complexity index is 480. The lowest BCUT2D eigenvalue weighted by atomic mass is 10.3. The normalized spacial score (nSPS) is 10.5. The predicted octanol–water partition coefficient (Wildman–Crippen LogP) is -0.145. The lowest BCUT2D eigenvalue weighted by Gasteiger charge is -2.00. The van der Waals surface area contributed by atoms with Crippen LogP contribution in [0.1, 0.15) is 10.4 Å². The third-order valence-electron chi connectivity index (χ3n) is 1.55. The molecule has 5 nitrogen and oxygen atoms in total. The zero-order valence-electron chi connectivity index (χ0n) is 6.27. The summed E-state index contributed by atoms with van der Waals surface area (Å²) in [5.41, 5.74) is 0.556. The topological polar surface area (TPSA) is 70.3 Å². The van der Waals surface area contributed by atoms with Crippen molar-refractivity contribution in [3.05, 3.63) is 28.6 Å². The Morgan fingerprint density at radius 3 is 3.08 bits per heavy atom. The highest BCUT2D eigenvalue weighted by Crippen LogP contribution is 2.08. The van der Waals surface area contributed by atoms with E-state index in [4.69, 9.17) is 0 Å². The molecular formula is C7H3BrN3O2-. The van der Waals surface area contributed by atoms with E-state index in [1.165, 1.54) is 22.8 Å². The van der Waals surface area contributed by atoms with E-state index < -0.39 is 5.97 Å². The van der Waals surface area contributed by atoms with Gasteiger partial charge in [0.2, 0.25) is 4.73 Å². The quantitative estimate of drug-likeness (QED) is 0.696. The van der Waals surface area contributed by atoms with Crippen LogP contribution in [0.25, 0.3) is 5.65 Å². The van der Waals surface area contributed by atoms with E-state index in [1.807, 2.05) is 0 Å². The average Bonchev–Trinajstić information content (AvgIpc) is 2.42. The number of carboxylic acids is 1. The molecule has 0 aliphatic heterocycles. The smallest absolute Gasteiger partial charge is 0.218 e. The molecule has 0 saturated carbocycles. The van der Waals surface area contributed by atoms with Crippen molar-refractivity contribution < 1.29 is 9.90 Å². The van der Waals surface area contributed by atoms with Crippen molar-refractivity contribution in [3.8, 4) is 0 Å². The highest BCUT2D eigenvalue weighted by Gasteiger charge is 2.01. The molecule has 6 heteroatoms. The first-order valence-electron chi connectivity index (χ1n) is 3.40. The minimum Gasteiger partial charge on any atom is -0.545 e. The third-order valence-corrected chi connectivity index (χ3v) is 1.88. The molecule has 0 atom stereocenters. The second-order valence-corrected chi connectivity index (χ2v) is 3.10. The number of carbonyl (C=O) groups is 1. The van der Waals surface area contributed by atoms with Crippen molar-refractivity contribution in [1.29, 1.82) is 0 Å². The summed E-state index contributed by atoms with van der Waals surface area (Å²) in [5.74, 6) is -1.22. The molecule has 0 unspecified atom stereocenters. The van der Waals surface area contributed by atoms with Gasteiger partial charge in [0.05, 0.1) is 5.97 Å². The van der Waals surface area contributed by atoms with E-state index in [1.54, 1.807) is 0 Å². The van der Waals surface area contributed by atoms with Crippen LogP contribution in [0.2, 0.25) is 0 Å². The molecule has 66 valence electrons. The molecule has 0 N–H and O–H groups in total. The highest BCUT2D eigenvalue weighted by molar-refractivity contribution is 9.10. The van der Waals surface area contributed by atoms with Gasteiger partial charge in [-0.05, 0) is 28.1 Å². The maximum Gasteiger partial charge on any atom is 0.218 e. The van der Waals surface area contributed by atoms with Gasteiger partial charge in [0.1, 0.15) is 0 Å². The largest absolute Gasteiger partial charge is 0.545 e. The minimum absolute atomic E-state index is 0.0902. The molecule has 0 spiro atoms. The molecule has 0 aliphatic carbocycles. The standard InChI is InChI=1S/C7H4BrN3O2/c8-7-9-5-3-4(6(12)13)1-2-11(5)10-7/h1-3H,(H,12,13)/p-1. The zero-order valence-corrected chi connectivity index (χ0v) is 7.85. The van der Waals surface area contributed by atoms with Crippen molar-refractivity contribution in [1.82, 2.24) is 14.6 Å². The molecule has 0 aromatic carbocycles. The van der Waals surface area contributed by atoms with Gasteiger partial charge < -0.3 is 9.90 Å². The predicted molar refractivity (Wildman–Crippen MR) is 45.0 cm³/mol. The molecule has 2 rings (SSSR count). The van der Waals surface area contributed by atoms with Crippen molar-refractivity contribution in [2.45, 2.75) is 0 Å². The number of fused-ring (bicyclic) bond motifs is 1. The summed E-state index contributed by atoms with van der Waals surface area (Å²) >= 11 is 3.08. The number of rotatable bonds is 1. The molecule has 2 aromatic heterocycles. The van der Waals surface area contributed by atoms with E-state index in [2.05, 4.69) is 26.0 Å². The van der Waals surface area contributed by atoms with Gasteiger partial charge in [-0.15, -0.1) is 5.10 Å². The molecule has 0 saturated heterocycles. The number of nitrogens with zero attached hydrogens (tertiary/aromatic N) is 3. The molecule has 0 bridgehead atoms. The van der Waals surface area contributed by atoms with Crippen molar-refractivity contribution in [3.63, 3.8) is 0 Å². The van der Waals surface area contributed by atoms with Crippen LogP contribution in [0, 0.1) is 0 Å². The minimum atomic E-state index is -1.22. The summed E-state index contributed by atoms with van der Waals surface area (Å²) in [7, 11) is 0. The van der Waals surface area contributed by atoms with Crippen molar-refractivity contribution >= 4 is 27.5 Å². The summed E-state index contributed by atoms with van der Waals surface area (Å²) in [6, 6.07) is 2.80. The van der Waals surface area contributed by atoms with Crippen LogP contribution in [0.4, 0.5) is 0 Å². The molecule has 0 aliphatic rings. The number of halogens is 1. The number of pyridine rings is 1. The Labute approximate surface area is 81.1 Å². The van der Waals surface area contributed by atoms with Gasteiger partial charge in [-0.25, -0.2) is 9.50 Å². The maximum absolute atomic E-state index is 10.5. The fourth-order valence-electron chi connectivity index (χ4n) is 0.981. The van der Waals surface area contributed by atoms with Crippen LogP contribution >= 0.6 is 15.9 Å². The Balaban J connectivity index is 2.67. The molecule has 2 aromatic rings. The lowest BCUT2D eigenvalue weighted by Crippen LogP contribution is -2.22. The fraction of sp³-hybridized carbons (Fsp3) is 0. The Morgan fingerprint density at radius 1 is 1.62 bits per heavy atom. The lowest BCUT2D eigenvalue weighted by molar-refractivity contribution is -0.255. The van der Waals surface area contributed by atoms with Gasteiger partial charge >= 0.3 is 0 Å². The number of hydrogen-bond acceptors (Lipinski definition) is 4. The van der Waals surface area contributed by atoms with E-state index in [0.717, 1.165) is 0 Å². The first-order chi connectivity index (χ1) is 6.16. The van der Waals surface area contributed by atoms with E-state index in [-0.39, 0.29) is 5.56 Å². The number of hydrogen-bond donors (Lipinski definition) is 0. The maximum atomic E-state index is 10.5. The summed E-state index contributed by atoms with van der Waals surface area (Å²) in [4.78, 5) is 14.4. The van der Waals surface area contributed by atoms with Gasteiger partial charge in [-0.3, -0.25) is 0 Å². The van der Waals surface area contributed by atoms with Gasteiger partial charge in [0.15, 0.2) is 5.65 Å². The summed E-state index contributed by atoms with van der Waals surface area (Å²) in [6.45, 7) is 0. The summed E-state index contributed by atoms with van der Waals surface area (Å²) < 4.78 is 1.89. The molecule has 2 heterocycles. The Hall–Kier alpha value is -1.43. The van der Waals surface area contributed by atoms with E-state index in [0.29, 0.717) is 10.4 Å². The number of carbonyl (C=O) groups excluding carboxylic acids is 1. The monoisotopic (exact) mass is 240 g/mol. The first kappa shape index (κ1) is 8.18. The second-order valence-electron chi connectivity index (χ2n) is 2.39. The Morgan fingerprint density at radius 2 is 2.38 bits per heavy atom. The fourth-order valence-corrected chi connectivity index (χ4v) is 1.33. The third kappa shape index (κ3) is 1.40. The van der Waals surface area contributed by atoms with E-state index >= 15 is 0 Å². The van der Waals surface area contributed by atoms with Gasteiger partial charge in [0.25, 0.3) is 0 Å². The highest BCUT2D eigenvalue weighted by atomic mass is 79.9. The van der Waals surface area contributed by atoms with Crippen LogP contribution in [0.3, 0.4) is 0 Å². The summed E-state index contributed by atoms with van der Waals surface area (Å²) in [5, 5.41) is 14.4. The van der Waals surface area contributed by atoms with Crippen molar-refractivity contribution in [2.24, 2.45) is 0 Å². The molecule has 0 fully saturated rings. The average molecular weight is 241 g/mol.